The van der Waals surface area contributed by atoms with Crippen LogP contribution in [0.25, 0.3) is 0 Å². The highest BCUT2D eigenvalue weighted by atomic mass is 15.0. The summed E-state index contributed by atoms with van der Waals surface area (Å²) in [5.41, 5.74) is 0. The maximum Gasteiger partial charge on any atom is 0.0144 e. The van der Waals surface area contributed by atoms with E-state index in [1.807, 2.05) is 19.0 Å². The Morgan fingerprint density at radius 1 is 0.706 bits per heavy atom. The van der Waals surface area contributed by atoms with Crippen molar-refractivity contribution in [1.29, 1.82) is 0 Å². The summed E-state index contributed by atoms with van der Waals surface area (Å²) in [5.74, 6) is 3.19. The molecule has 0 amide bonds. The summed E-state index contributed by atoms with van der Waals surface area (Å²) in [4.78, 5) is 1.93. The molecule has 17 heavy (non-hydrogen) atoms. The maximum absolute atomic E-state index is 3.19. The van der Waals surface area contributed by atoms with Crippen LogP contribution in [0.4, 0.5) is 0 Å². The van der Waals surface area contributed by atoms with Gasteiger partial charge in [-0.3, -0.25) is 0 Å². The molecule has 0 aliphatic heterocycles. The van der Waals surface area contributed by atoms with Gasteiger partial charge in [0.15, 0.2) is 0 Å². The first-order chi connectivity index (χ1) is 8.27. The van der Waals surface area contributed by atoms with Gasteiger partial charge in [0.25, 0.3) is 0 Å². The molecule has 0 fully saturated rings. The molecule has 100 valence electrons. The van der Waals surface area contributed by atoms with Crippen molar-refractivity contribution in [3.8, 4) is 12.0 Å². The molecule has 0 atom stereocenters. The third-order valence-corrected chi connectivity index (χ3v) is 2.96. The SMILES string of the molecule is CCCCCCCCCCCCC#CN(C)C. The monoisotopic (exact) mass is 237 g/mol. The molecule has 0 spiro atoms. The fraction of sp³-hybridized carbons (Fsp3) is 0.875. The third-order valence-electron chi connectivity index (χ3n) is 2.96. The van der Waals surface area contributed by atoms with E-state index in [-0.39, 0.29) is 0 Å². The van der Waals surface area contributed by atoms with Crippen LogP contribution < -0.4 is 0 Å². The third kappa shape index (κ3) is 15.4. The Kier molecular flexibility index (Phi) is 12.9. The standard InChI is InChI=1S/C16H31N/c1-4-5-6-7-8-9-10-11-12-13-14-15-16-17(2)3/h4-14H2,1-3H3. The minimum Gasteiger partial charge on any atom is -0.339 e. The highest BCUT2D eigenvalue weighted by molar-refractivity contribution is 4.96. The van der Waals surface area contributed by atoms with Gasteiger partial charge < -0.3 is 4.90 Å². The molecule has 0 aromatic heterocycles. The molecule has 0 aliphatic carbocycles. The lowest BCUT2D eigenvalue weighted by atomic mass is 10.1. The van der Waals surface area contributed by atoms with Crippen LogP contribution in [0.2, 0.25) is 0 Å². The van der Waals surface area contributed by atoms with Gasteiger partial charge in [-0.15, -0.1) is 0 Å². The van der Waals surface area contributed by atoms with Crippen LogP contribution in [0.15, 0.2) is 0 Å². The molecule has 0 saturated carbocycles. The summed E-state index contributed by atoms with van der Waals surface area (Å²) < 4.78 is 0. The second kappa shape index (κ2) is 13.4. The average molecular weight is 237 g/mol. The number of unbranched alkanes of at least 4 members (excludes halogenated alkanes) is 10. The first-order valence-electron chi connectivity index (χ1n) is 7.43. The molecule has 0 aromatic carbocycles. The zero-order chi connectivity index (χ0) is 12.8. The highest BCUT2D eigenvalue weighted by Crippen LogP contribution is 2.10. The van der Waals surface area contributed by atoms with E-state index in [0.29, 0.717) is 0 Å². The molecular formula is C16H31N. The topological polar surface area (TPSA) is 3.24 Å². The van der Waals surface area contributed by atoms with Crippen LogP contribution in [0.1, 0.15) is 77.6 Å². The zero-order valence-corrected chi connectivity index (χ0v) is 12.2. The van der Waals surface area contributed by atoms with E-state index in [0.717, 1.165) is 6.42 Å². The van der Waals surface area contributed by atoms with Crippen molar-refractivity contribution < 1.29 is 0 Å². The molecule has 1 heteroatoms. The number of hydrogen-bond acceptors (Lipinski definition) is 1. The van der Waals surface area contributed by atoms with Crippen molar-refractivity contribution in [3.63, 3.8) is 0 Å². The van der Waals surface area contributed by atoms with Crippen molar-refractivity contribution in [1.82, 2.24) is 4.90 Å². The summed E-state index contributed by atoms with van der Waals surface area (Å²) in [6, 6.07) is 3.06. The first-order valence-corrected chi connectivity index (χ1v) is 7.43. The number of hydrogen-bond donors (Lipinski definition) is 0. The minimum absolute atomic E-state index is 1.06. The fourth-order valence-electron chi connectivity index (χ4n) is 1.91. The highest BCUT2D eigenvalue weighted by Gasteiger charge is 1.91. The molecule has 0 rings (SSSR count). The molecule has 0 saturated heterocycles. The Bertz CT molecular complexity index is 197. The van der Waals surface area contributed by atoms with Crippen molar-refractivity contribution in [2.75, 3.05) is 14.1 Å². The van der Waals surface area contributed by atoms with Gasteiger partial charge in [-0.05, 0) is 6.42 Å². The molecule has 0 aromatic rings. The van der Waals surface area contributed by atoms with Crippen molar-refractivity contribution in [3.05, 3.63) is 0 Å². The summed E-state index contributed by atoms with van der Waals surface area (Å²) in [6.45, 7) is 2.28. The molecule has 0 unspecified atom stereocenters. The Hall–Kier alpha value is -0.640. The van der Waals surface area contributed by atoms with Crippen LogP contribution in [0.5, 0.6) is 0 Å². The lowest BCUT2D eigenvalue weighted by molar-refractivity contribution is 0.558. The summed E-state index contributed by atoms with van der Waals surface area (Å²) in [6.07, 6.45) is 15.1. The average Bonchev–Trinajstić information content (AvgIpc) is 2.30. The second-order valence-corrected chi connectivity index (χ2v) is 5.11. The molecule has 0 bridgehead atoms. The smallest absolute Gasteiger partial charge is 0.0144 e. The predicted molar refractivity (Wildman–Crippen MR) is 77.9 cm³/mol. The maximum atomic E-state index is 3.19. The quantitative estimate of drug-likeness (QED) is 0.299. The van der Waals surface area contributed by atoms with Crippen LogP contribution in [0.3, 0.4) is 0 Å². The van der Waals surface area contributed by atoms with Crippen molar-refractivity contribution in [2.24, 2.45) is 0 Å². The Morgan fingerprint density at radius 3 is 1.65 bits per heavy atom. The molecule has 0 N–H and O–H groups in total. The van der Waals surface area contributed by atoms with E-state index in [2.05, 4.69) is 18.9 Å². The Balaban J connectivity index is 3.02. The van der Waals surface area contributed by atoms with Crippen molar-refractivity contribution in [2.45, 2.75) is 77.6 Å². The lowest BCUT2D eigenvalue weighted by Crippen LogP contribution is -2.00. The van der Waals surface area contributed by atoms with Crippen LogP contribution in [-0.4, -0.2) is 19.0 Å². The van der Waals surface area contributed by atoms with Gasteiger partial charge in [0, 0.05) is 26.6 Å². The van der Waals surface area contributed by atoms with Gasteiger partial charge in [-0.2, -0.15) is 0 Å². The van der Waals surface area contributed by atoms with E-state index in [4.69, 9.17) is 0 Å². The molecule has 0 aliphatic rings. The minimum atomic E-state index is 1.06. The van der Waals surface area contributed by atoms with Crippen LogP contribution >= 0.6 is 0 Å². The Morgan fingerprint density at radius 2 is 1.18 bits per heavy atom. The van der Waals surface area contributed by atoms with E-state index in [1.54, 1.807) is 0 Å². The number of rotatable bonds is 10. The van der Waals surface area contributed by atoms with Gasteiger partial charge in [-0.1, -0.05) is 70.6 Å². The van der Waals surface area contributed by atoms with Crippen molar-refractivity contribution >= 4 is 0 Å². The van der Waals surface area contributed by atoms with Crippen LogP contribution in [-0.2, 0) is 0 Å². The van der Waals surface area contributed by atoms with E-state index >= 15 is 0 Å². The summed E-state index contributed by atoms with van der Waals surface area (Å²) >= 11 is 0. The van der Waals surface area contributed by atoms with E-state index < -0.39 is 0 Å². The van der Waals surface area contributed by atoms with E-state index in [9.17, 15) is 0 Å². The normalized spacial score (nSPS) is 9.82. The summed E-state index contributed by atoms with van der Waals surface area (Å²) in [5, 5.41) is 0. The molecular weight excluding hydrogens is 206 g/mol. The Labute approximate surface area is 109 Å². The predicted octanol–water partition coefficient (Wildman–Crippen LogP) is 4.82. The van der Waals surface area contributed by atoms with Gasteiger partial charge in [0.1, 0.15) is 0 Å². The van der Waals surface area contributed by atoms with E-state index in [1.165, 1.54) is 64.2 Å². The number of nitrogens with zero attached hydrogens (tertiary/aromatic N) is 1. The summed E-state index contributed by atoms with van der Waals surface area (Å²) in [7, 11) is 3.98. The largest absolute Gasteiger partial charge is 0.339 e. The lowest BCUT2D eigenvalue weighted by Gasteiger charge is -2.01. The molecule has 0 heterocycles. The first kappa shape index (κ1) is 16.4. The van der Waals surface area contributed by atoms with Gasteiger partial charge in [-0.25, -0.2) is 0 Å². The molecule has 1 nitrogen and oxygen atoms in total. The molecule has 0 radical (unpaired) electrons. The van der Waals surface area contributed by atoms with Gasteiger partial charge >= 0.3 is 0 Å². The van der Waals surface area contributed by atoms with Gasteiger partial charge in [0.2, 0.25) is 0 Å². The second-order valence-electron chi connectivity index (χ2n) is 5.11. The van der Waals surface area contributed by atoms with Gasteiger partial charge in [0.05, 0.1) is 0 Å². The zero-order valence-electron chi connectivity index (χ0n) is 12.2. The fourth-order valence-corrected chi connectivity index (χ4v) is 1.91. The van der Waals surface area contributed by atoms with Crippen LogP contribution in [0, 0.1) is 12.0 Å².